The van der Waals surface area contributed by atoms with Crippen LogP contribution in [-0.2, 0) is 11.3 Å². The lowest BCUT2D eigenvalue weighted by Crippen LogP contribution is -2.47. The van der Waals surface area contributed by atoms with Gasteiger partial charge >= 0.3 is 6.18 Å². The van der Waals surface area contributed by atoms with E-state index in [1.807, 2.05) is 0 Å². The SMILES string of the molecule is CC(C)(C(=O)N(O)Cc1cccs1)C(F)(F)F. The van der Waals surface area contributed by atoms with Gasteiger partial charge in [0, 0.05) is 4.88 Å². The molecule has 1 aromatic rings. The number of thiophene rings is 1. The number of amides is 1. The molecule has 0 atom stereocenters. The molecule has 96 valence electrons. The van der Waals surface area contributed by atoms with Crippen LogP contribution in [0.3, 0.4) is 0 Å². The maximum absolute atomic E-state index is 12.6. The van der Waals surface area contributed by atoms with Crippen LogP contribution in [0, 0.1) is 5.41 Å². The van der Waals surface area contributed by atoms with E-state index in [-0.39, 0.29) is 11.6 Å². The van der Waals surface area contributed by atoms with E-state index < -0.39 is 17.5 Å². The van der Waals surface area contributed by atoms with Gasteiger partial charge < -0.3 is 0 Å². The molecule has 0 aliphatic carbocycles. The van der Waals surface area contributed by atoms with E-state index in [9.17, 15) is 23.2 Å². The molecule has 0 radical (unpaired) electrons. The Labute approximate surface area is 100 Å². The van der Waals surface area contributed by atoms with Crippen LogP contribution in [0.5, 0.6) is 0 Å². The number of hydrogen-bond acceptors (Lipinski definition) is 3. The van der Waals surface area contributed by atoms with Crippen molar-refractivity contribution in [2.75, 3.05) is 0 Å². The van der Waals surface area contributed by atoms with E-state index in [0.29, 0.717) is 4.88 Å². The quantitative estimate of drug-likeness (QED) is 0.675. The molecule has 0 saturated heterocycles. The molecular weight excluding hydrogens is 255 g/mol. The summed E-state index contributed by atoms with van der Waals surface area (Å²) in [6.45, 7) is 1.25. The number of nitrogens with zero attached hydrogens (tertiary/aromatic N) is 1. The maximum Gasteiger partial charge on any atom is 0.402 e. The Balaban J connectivity index is 2.76. The Morgan fingerprint density at radius 2 is 2.06 bits per heavy atom. The highest BCUT2D eigenvalue weighted by molar-refractivity contribution is 7.09. The second kappa shape index (κ2) is 4.66. The minimum absolute atomic E-state index is 0.110. The van der Waals surface area contributed by atoms with Gasteiger partial charge in [0.05, 0.1) is 6.54 Å². The highest BCUT2D eigenvalue weighted by atomic mass is 32.1. The van der Waals surface area contributed by atoms with Gasteiger partial charge in [-0.3, -0.25) is 10.0 Å². The van der Waals surface area contributed by atoms with Gasteiger partial charge in [0.15, 0.2) is 0 Å². The Hall–Kier alpha value is -1.08. The van der Waals surface area contributed by atoms with Crippen molar-refractivity contribution in [2.45, 2.75) is 26.6 Å². The van der Waals surface area contributed by atoms with Crippen LogP contribution in [0.4, 0.5) is 13.2 Å². The van der Waals surface area contributed by atoms with Gasteiger partial charge in [-0.25, -0.2) is 5.06 Å². The average Bonchev–Trinajstić information content (AvgIpc) is 2.67. The predicted octanol–water partition coefficient (Wildman–Crippen LogP) is 3.05. The first-order chi connectivity index (χ1) is 7.66. The van der Waals surface area contributed by atoms with Crippen LogP contribution < -0.4 is 0 Å². The average molecular weight is 267 g/mol. The third-order valence-corrected chi connectivity index (χ3v) is 3.22. The number of rotatable bonds is 3. The summed E-state index contributed by atoms with van der Waals surface area (Å²) >= 11 is 1.25. The van der Waals surface area contributed by atoms with E-state index >= 15 is 0 Å². The fourth-order valence-corrected chi connectivity index (χ4v) is 1.75. The van der Waals surface area contributed by atoms with Crippen molar-refractivity contribution in [1.29, 1.82) is 0 Å². The topological polar surface area (TPSA) is 40.5 Å². The number of carbonyl (C=O) groups is 1. The van der Waals surface area contributed by atoms with Gasteiger partial charge in [-0.2, -0.15) is 13.2 Å². The van der Waals surface area contributed by atoms with Crippen molar-refractivity contribution in [3.05, 3.63) is 22.4 Å². The summed E-state index contributed by atoms with van der Waals surface area (Å²) in [7, 11) is 0. The molecule has 1 rings (SSSR count). The van der Waals surface area contributed by atoms with Crippen molar-refractivity contribution in [2.24, 2.45) is 5.41 Å². The molecule has 0 spiro atoms. The van der Waals surface area contributed by atoms with Gasteiger partial charge in [0.25, 0.3) is 5.91 Å². The van der Waals surface area contributed by atoms with Gasteiger partial charge in [0.1, 0.15) is 5.41 Å². The summed E-state index contributed by atoms with van der Waals surface area (Å²) in [6.07, 6.45) is -4.69. The van der Waals surface area contributed by atoms with Crippen LogP contribution in [0.2, 0.25) is 0 Å². The molecule has 7 heteroatoms. The van der Waals surface area contributed by atoms with Crippen molar-refractivity contribution < 1.29 is 23.2 Å². The summed E-state index contributed by atoms with van der Waals surface area (Å²) in [5.74, 6) is -1.36. The number of hydrogen-bond donors (Lipinski definition) is 1. The van der Waals surface area contributed by atoms with Crippen molar-refractivity contribution in [3.63, 3.8) is 0 Å². The Morgan fingerprint density at radius 1 is 1.47 bits per heavy atom. The van der Waals surface area contributed by atoms with E-state index in [1.165, 1.54) is 11.3 Å². The first-order valence-corrected chi connectivity index (χ1v) is 5.64. The van der Waals surface area contributed by atoms with E-state index in [1.54, 1.807) is 17.5 Å². The van der Waals surface area contributed by atoms with E-state index in [4.69, 9.17) is 0 Å². The lowest BCUT2D eigenvalue weighted by Gasteiger charge is -2.29. The lowest BCUT2D eigenvalue weighted by atomic mass is 9.91. The van der Waals surface area contributed by atoms with Gasteiger partial charge in [0.2, 0.25) is 0 Å². The zero-order chi connectivity index (χ0) is 13.3. The molecule has 0 saturated carbocycles. The third-order valence-electron chi connectivity index (χ3n) is 2.36. The normalized spacial score (nSPS) is 12.6. The van der Waals surface area contributed by atoms with Crippen molar-refractivity contribution in [1.82, 2.24) is 5.06 Å². The molecule has 0 aromatic carbocycles. The van der Waals surface area contributed by atoms with Gasteiger partial charge in [-0.15, -0.1) is 11.3 Å². The van der Waals surface area contributed by atoms with E-state index in [2.05, 4.69) is 0 Å². The Bertz CT molecular complexity index is 387. The molecule has 1 N–H and O–H groups in total. The zero-order valence-corrected chi connectivity index (χ0v) is 10.1. The van der Waals surface area contributed by atoms with Crippen molar-refractivity contribution in [3.8, 4) is 0 Å². The molecule has 0 aliphatic heterocycles. The molecule has 1 amide bonds. The first kappa shape index (κ1) is 14.0. The van der Waals surface area contributed by atoms with Crippen LogP contribution in [0.15, 0.2) is 17.5 Å². The second-order valence-corrected chi connectivity index (χ2v) is 5.10. The van der Waals surface area contributed by atoms with Crippen LogP contribution in [0.25, 0.3) is 0 Å². The molecule has 0 bridgehead atoms. The zero-order valence-electron chi connectivity index (χ0n) is 9.28. The smallest absolute Gasteiger partial charge is 0.286 e. The van der Waals surface area contributed by atoms with Crippen molar-refractivity contribution >= 4 is 17.2 Å². The van der Waals surface area contributed by atoms with E-state index in [0.717, 1.165) is 13.8 Å². The minimum Gasteiger partial charge on any atom is -0.286 e. The van der Waals surface area contributed by atoms with Gasteiger partial charge in [-0.05, 0) is 25.3 Å². The number of hydroxylamine groups is 2. The number of alkyl halides is 3. The van der Waals surface area contributed by atoms with Crippen LogP contribution in [-0.4, -0.2) is 22.4 Å². The molecule has 0 unspecified atom stereocenters. The Morgan fingerprint density at radius 3 is 2.47 bits per heavy atom. The number of halogens is 3. The molecule has 17 heavy (non-hydrogen) atoms. The third kappa shape index (κ3) is 2.98. The van der Waals surface area contributed by atoms with Crippen LogP contribution >= 0.6 is 11.3 Å². The summed E-state index contributed by atoms with van der Waals surface area (Å²) < 4.78 is 37.7. The fraction of sp³-hybridized carbons (Fsp3) is 0.500. The summed E-state index contributed by atoms with van der Waals surface area (Å²) in [5.41, 5.74) is -2.60. The highest BCUT2D eigenvalue weighted by Crippen LogP contribution is 2.39. The first-order valence-electron chi connectivity index (χ1n) is 4.76. The predicted molar refractivity (Wildman–Crippen MR) is 56.5 cm³/mol. The fourth-order valence-electron chi connectivity index (χ4n) is 1.07. The molecule has 0 aliphatic rings. The largest absolute Gasteiger partial charge is 0.402 e. The maximum atomic E-state index is 12.6. The molecule has 1 aromatic heterocycles. The summed E-state index contributed by atoms with van der Waals surface area (Å²) in [4.78, 5) is 12.1. The summed E-state index contributed by atoms with van der Waals surface area (Å²) in [5, 5.41) is 11.2. The number of carbonyl (C=O) groups excluding carboxylic acids is 1. The minimum atomic E-state index is -4.69. The van der Waals surface area contributed by atoms with Gasteiger partial charge in [-0.1, -0.05) is 6.07 Å². The highest BCUT2D eigenvalue weighted by Gasteiger charge is 2.54. The molecular formula is C10H12F3NO2S. The monoisotopic (exact) mass is 267 g/mol. The summed E-state index contributed by atoms with van der Waals surface area (Å²) in [6, 6.07) is 3.31. The molecule has 0 fully saturated rings. The second-order valence-electron chi connectivity index (χ2n) is 4.06. The molecule has 1 heterocycles. The van der Waals surface area contributed by atoms with Crippen LogP contribution in [0.1, 0.15) is 18.7 Å². The lowest BCUT2D eigenvalue weighted by molar-refractivity contribution is -0.234. The standard InChI is InChI=1S/C10H12F3NO2S/c1-9(2,10(11,12)13)8(15)14(16)6-7-4-3-5-17-7/h3-5,16H,6H2,1-2H3. The Kier molecular flexibility index (Phi) is 3.83. The molecule has 3 nitrogen and oxygen atoms in total.